The molecule has 178 valence electrons. The van der Waals surface area contributed by atoms with E-state index in [9.17, 15) is 18.8 Å². The normalized spacial score (nSPS) is 14.5. The molecule has 0 bridgehead atoms. The summed E-state index contributed by atoms with van der Waals surface area (Å²) in [6.45, 7) is -0.0252. The van der Waals surface area contributed by atoms with Gasteiger partial charge in [0.2, 0.25) is 5.91 Å². The number of ether oxygens (including phenoxy) is 1. The van der Waals surface area contributed by atoms with Crippen LogP contribution in [0.4, 0.5) is 14.9 Å². The Bertz CT molecular complexity index is 1310. The van der Waals surface area contributed by atoms with Gasteiger partial charge < -0.3 is 10.1 Å². The van der Waals surface area contributed by atoms with Crippen LogP contribution in [0.2, 0.25) is 0 Å². The van der Waals surface area contributed by atoms with Crippen molar-refractivity contribution in [3.63, 3.8) is 0 Å². The van der Waals surface area contributed by atoms with Crippen LogP contribution in [0, 0.1) is 13.0 Å². The molecule has 0 aromatic heterocycles. The van der Waals surface area contributed by atoms with E-state index in [1.165, 1.54) is 18.2 Å². The summed E-state index contributed by atoms with van der Waals surface area (Å²) < 4.78 is 21.0. The van der Waals surface area contributed by atoms with Gasteiger partial charge >= 0.3 is 0 Å². The molecule has 3 amide bonds. The number of anilines is 1. The predicted octanol–water partition coefficient (Wildman–Crippen LogP) is 6.29. The maximum Gasteiger partial charge on any atom is 0.294 e. The minimum atomic E-state index is -0.594. The van der Waals surface area contributed by atoms with Crippen molar-refractivity contribution in [3.05, 3.63) is 95.7 Å². The Morgan fingerprint density at radius 3 is 2.43 bits per heavy atom. The molecule has 3 aromatic rings. The lowest BCUT2D eigenvalue weighted by molar-refractivity contribution is -0.127. The average Bonchev–Trinajstić information content (AvgIpc) is 3.06. The number of nitrogens with zero attached hydrogens (tertiary/aromatic N) is 1. The van der Waals surface area contributed by atoms with E-state index in [4.69, 9.17) is 4.74 Å². The summed E-state index contributed by atoms with van der Waals surface area (Å²) >= 11 is 5.12. The fourth-order valence-corrected chi connectivity index (χ4v) is 6.19. The van der Waals surface area contributed by atoms with Crippen molar-refractivity contribution >= 4 is 85.8 Å². The number of rotatable bonds is 7. The van der Waals surface area contributed by atoms with Crippen LogP contribution >= 0.6 is 56.9 Å². The van der Waals surface area contributed by atoms with Gasteiger partial charge in [0, 0.05) is 5.69 Å². The maximum absolute atomic E-state index is 13.3. The molecule has 6 nitrogen and oxygen atoms in total. The topological polar surface area (TPSA) is 75.7 Å². The first-order valence-corrected chi connectivity index (χ1v) is 13.2. The molecule has 1 aliphatic heterocycles. The molecule has 0 unspecified atom stereocenters. The van der Waals surface area contributed by atoms with Crippen LogP contribution in [0.5, 0.6) is 5.75 Å². The fourth-order valence-electron chi connectivity index (χ4n) is 3.23. The predicted molar refractivity (Wildman–Crippen MR) is 150 cm³/mol. The summed E-state index contributed by atoms with van der Waals surface area (Å²) in [5.41, 5.74) is 2.04. The first-order valence-electron chi connectivity index (χ1n) is 10.3. The van der Waals surface area contributed by atoms with Gasteiger partial charge in [-0.05, 0) is 104 Å². The molecule has 4 rings (SSSR count). The highest BCUT2D eigenvalue weighted by atomic mass is 127. The molecule has 0 atom stereocenters. The highest BCUT2D eigenvalue weighted by Gasteiger charge is 2.36. The zero-order valence-corrected chi connectivity index (χ0v) is 23.1. The average molecular weight is 714 g/mol. The zero-order valence-electron chi connectivity index (χ0n) is 18.0. The third-order valence-corrected chi connectivity index (χ3v) is 7.34. The first-order chi connectivity index (χ1) is 16.8. The maximum atomic E-state index is 13.3. The monoisotopic (exact) mass is 714 g/mol. The zero-order chi connectivity index (χ0) is 24.9. The standard InChI is InChI=1S/C25H17FI2N2O4S/c26-17-7-4-8-18(12-17)29-22(31)13-30-24(32)21(35-25(30)33)11-16-9-19(27)23(20(28)10-16)34-14-15-5-2-1-3-6-15/h1-12H,13-14H2,(H,29,31)/b21-11+. The molecule has 3 aromatic carbocycles. The van der Waals surface area contributed by atoms with Gasteiger partial charge in [-0.2, -0.15) is 0 Å². The SMILES string of the molecule is O=C(CN1C(=O)S/C(=C/c2cc(I)c(OCc3ccccc3)c(I)c2)C1=O)Nc1cccc(F)c1. The Balaban J connectivity index is 1.44. The Hall–Kier alpha value is -2.45. The van der Waals surface area contributed by atoms with Crippen molar-refractivity contribution in [2.24, 2.45) is 0 Å². The first kappa shape index (κ1) is 25.6. The van der Waals surface area contributed by atoms with E-state index < -0.39 is 29.4 Å². The number of hydrogen-bond acceptors (Lipinski definition) is 5. The van der Waals surface area contributed by atoms with Crippen LogP contribution in [0.1, 0.15) is 11.1 Å². The Labute approximate surface area is 232 Å². The molecular weight excluding hydrogens is 697 g/mol. The van der Waals surface area contributed by atoms with Crippen molar-refractivity contribution in [2.45, 2.75) is 6.61 Å². The molecule has 1 N–H and O–H groups in total. The lowest BCUT2D eigenvalue weighted by Crippen LogP contribution is -2.36. The Morgan fingerprint density at radius 1 is 1.03 bits per heavy atom. The molecule has 1 aliphatic rings. The quantitative estimate of drug-likeness (QED) is 0.230. The van der Waals surface area contributed by atoms with Gasteiger partial charge in [-0.25, -0.2) is 4.39 Å². The third-order valence-electron chi connectivity index (χ3n) is 4.83. The number of benzene rings is 3. The number of thioether (sulfide) groups is 1. The number of imide groups is 1. The lowest BCUT2D eigenvalue weighted by Gasteiger charge is -2.13. The van der Waals surface area contributed by atoms with Gasteiger partial charge in [0.1, 0.15) is 24.7 Å². The number of carbonyl (C=O) groups excluding carboxylic acids is 3. The van der Waals surface area contributed by atoms with Crippen molar-refractivity contribution in [1.82, 2.24) is 4.90 Å². The number of hydrogen-bond donors (Lipinski definition) is 1. The van der Waals surface area contributed by atoms with Gasteiger partial charge in [-0.1, -0.05) is 36.4 Å². The molecule has 0 aliphatic carbocycles. The summed E-state index contributed by atoms with van der Waals surface area (Å²) in [7, 11) is 0. The van der Waals surface area contributed by atoms with Crippen LogP contribution in [0.25, 0.3) is 6.08 Å². The van der Waals surface area contributed by atoms with Gasteiger partial charge in [0.25, 0.3) is 11.1 Å². The van der Waals surface area contributed by atoms with E-state index in [1.54, 1.807) is 6.08 Å². The molecule has 35 heavy (non-hydrogen) atoms. The summed E-state index contributed by atoms with van der Waals surface area (Å²) in [4.78, 5) is 38.6. The number of nitrogens with one attached hydrogen (secondary N) is 1. The summed E-state index contributed by atoms with van der Waals surface area (Å²) in [6, 6.07) is 19.0. The summed E-state index contributed by atoms with van der Waals surface area (Å²) in [5.74, 6) is -0.904. The highest BCUT2D eigenvalue weighted by Crippen LogP contribution is 2.35. The molecule has 0 saturated carbocycles. The van der Waals surface area contributed by atoms with Gasteiger partial charge in [0.15, 0.2) is 0 Å². The van der Waals surface area contributed by atoms with Gasteiger partial charge in [-0.15, -0.1) is 0 Å². The molecule has 1 fully saturated rings. The lowest BCUT2D eigenvalue weighted by atomic mass is 10.2. The smallest absolute Gasteiger partial charge is 0.294 e. The molecule has 10 heteroatoms. The van der Waals surface area contributed by atoms with Gasteiger partial charge in [0.05, 0.1) is 12.0 Å². The van der Waals surface area contributed by atoms with Crippen molar-refractivity contribution in [2.75, 3.05) is 11.9 Å². The van der Waals surface area contributed by atoms with Crippen LogP contribution in [-0.2, 0) is 16.2 Å². The van der Waals surface area contributed by atoms with Gasteiger partial charge in [-0.3, -0.25) is 19.3 Å². The van der Waals surface area contributed by atoms with Crippen LogP contribution in [0.15, 0.2) is 71.6 Å². The Kier molecular flexibility index (Phi) is 8.44. The molecule has 0 spiro atoms. The number of amides is 3. The van der Waals surface area contributed by atoms with E-state index in [0.29, 0.717) is 6.61 Å². The number of carbonyl (C=O) groups is 3. The van der Waals surface area contributed by atoms with E-state index >= 15 is 0 Å². The second kappa shape index (κ2) is 11.5. The van der Waals surface area contributed by atoms with Crippen LogP contribution in [0.3, 0.4) is 0 Å². The molecule has 0 radical (unpaired) electrons. The minimum Gasteiger partial charge on any atom is -0.487 e. The second-order valence-corrected chi connectivity index (χ2v) is 10.7. The molecule has 1 heterocycles. The van der Waals surface area contributed by atoms with Crippen molar-refractivity contribution in [3.8, 4) is 5.75 Å². The third kappa shape index (κ3) is 6.61. The van der Waals surface area contributed by atoms with E-state index in [1.807, 2.05) is 42.5 Å². The molecular formula is C25H17FI2N2O4S. The second-order valence-electron chi connectivity index (χ2n) is 7.41. The Morgan fingerprint density at radius 2 is 1.74 bits per heavy atom. The van der Waals surface area contributed by atoms with E-state index in [-0.39, 0.29) is 10.6 Å². The minimum absolute atomic E-state index is 0.220. The summed E-state index contributed by atoms with van der Waals surface area (Å²) in [5, 5.41) is 1.95. The highest BCUT2D eigenvalue weighted by molar-refractivity contribution is 14.1. The largest absolute Gasteiger partial charge is 0.487 e. The number of halogens is 3. The fraction of sp³-hybridized carbons (Fsp3) is 0.0800. The summed E-state index contributed by atoms with van der Waals surface area (Å²) in [6.07, 6.45) is 1.63. The van der Waals surface area contributed by atoms with E-state index in [0.717, 1.165) is 46.7 Å². The van der Waals surface area contributed by atoms with E-state index in [2.05, 4.69) is 50.5 Å². The van der Waals surface area contributed by atoms with Crippen LogP contribution in [-0.4, -0.2) is 28.5 Å². The van der Waals surface area contributed by atoms with Crippen molar-refractivity contribution in [1.29, 1.82) is 0 Å². The van der Waals surface area contributed by atoms with Crippen molar-refractivity contribution < 1.29 is 23.5 Å². The molecule has 1 saturated heterocycles. The van der Waals surface area contributed by atoms with Crippen LogP contribution < -0.4 is 10.1 Å².